The Bertz CT molecular complexity index is 3460. The van der Waals surface area contributed by atoms with Crippen LogP contribution in [0.1, 0.15) is 0 Å². The molecule has 0 atom stereocenters. The van der Waals surface area contributed by atoms with Crippen LogP contribution in [0.2, 0.25) is 0 Å². The van der Waals surface area contributed by atoms with Crippen LogP contribution in [0.25, 0.3) is 28.2 Å². The van der Waals surface area contributed by atoms with Gasteiger partial charge in [0.05, 0.1) is 11.4 Å². The molecule has 0 aliphatic heterocycles. The maximum absolute atomic E-state index is 2.38. The maximum Gasteiger partial charge on any atom is 0.0535 e. The number of hydrogen-bond acceptors (Lipinski definition) is 4. The van der Waals surface area contributed by atoms with Crippen molar-refractivity contribution in [2.24, 2.45) is 0 Å². The number of nitrogens with zero attached hydrogens (tertiary/aromatic N) is 5. The standard InChI is InChI=1S/C70H53N5/c1-8-22-56(23-9-1)71(57-24-10-2-11-25-57)63-40-36-54(37-41-63)69-52-53-70(75(69)62-34-20-7-21-35-62)55-38-42-64(43-39-55)74(67-48-44-65(45-49-67)72(58-26-12-3-13-27-58)59-28-14-4-15-29-59)68-50-46-66(47-51-68)73(60-30-16-5-17-31-60)61-32-18-6-19-33-61/h1-53H. The molecule has 0 aliphatic carbocycles. The molecule has 0 fully saturated rings. The predicted molar refractivity (Wildman–Crippen MR) is 315 cm³/mol. The van der Waals surface area contributed by atoms with Crippen molar-refractivity contribution in [2.45, 2.75) is 0 Å². The van der Waals surface area contributed by atoms with Gasteiger partial charge in [-0.15, -0.1) is 0 Å². The average molecular weight is 964 g/mol. The number of benzene rings is 11. The van der Waals surface area contributed by atoms with Crippen LogP contribution in [-0.2, 0) is 0 Å². The van der Waals surface area contributed by atoms with Gasteiger partial charge in [-0.2, -0.15) is 0 Å². The van der Waals surface area contributed by atoms with Crippen LogP contribution in [0.3, 0.4) is 0 Å². The quantitative estimate of drug-likeness (QED) is 0.102. The molecule has 0 aliphatic rings. The highest BCUT2D eigenvalue weighted by Crippen LogP contribution is 2.43. The second-order valence-corrected chi connectivity index (χ2v) is 18.3. The van der Waals surface area contributed by atoms with Gasteiger partial charge in [0, 0.05) is 73.9 Å². The first-order chi connectivity index (χ1) is 37.2. The Kier molecular flexibility index (Phi) is 13.1. The zero-order chi connectivity index (χ0) is 50.2. The van der Waals surface area contributed by atoms with Gasteiger partial charge in [0.2, 0.25) is 0 Å². The van der Waals surface area contributed by atoms with Crippen molar-refractivity contribution in [1.82, 2.24) is 4.57 Å². The molecule has 11 aromatic carbocycles. The molecule has 0 N–H and O–H groups in total. The fourth-order valence-corrected chi connectivity index (χ4v) is 10.1. The molecular formula is C70H53N5. The molecule has 12 aromatic rings. The molecule has 5 nitrogen and oxygen atoms in total. The fourth-order valence-electron chi connectivity index (χ4n) is 10.1. The number of rotatable bonds is 15. The Balaban J connectivity index is 0.923. The third-order valence-electron chi connectivity index (χ3n) is 13.6. The summed E-state index contributed by atoms with van der Waals surface area (Å²) < 4.78 is 2.38. The number of aromatic nitrogens is 1. The van der Waals surface area contributed by atoms with E-state index in [0.29, 0.717) is 0 Å². The van der Waals surface area contributed by atoms with Gasteiger partial charge in [0.15, 0.2) is 0 Å². The minimum Gasteiger partial charge on any atom is -0.311 e. The Morgan fingerprint density at radius 2 is 0.333 bits per heavy atom. The fraction of sp³-hybridized carbons (Fsp3) is 0. The molecular weight excluding hydrogens is 911 g/mol. The first kappa shape index (κ1) is 46.0. The average Bonchev–Trinajstić information content (AvgIpc) is 3.94. The van der Waals surface area contributed by atoms with E-state index in [1.807, 2.05) is 0 Å². The minimum atomic E-state index is 1.04. The Morgan fingerprint density at radius 1 is 0.160 bits per heavy atom. The summed E-state index contributed by atoms with van der Waals surface area (Å²) in [5.41, 5.74) is 18.5. The zero-order valence-corrected chi connectivity index (χ0v) is 41.3. The van der Waals surface area contributed by atoms with Gasteiger partial charge in [-0.25, -0.2) is 0 Å². The zero-order valence-electron chi connectivity index (χ0n) is 41.3. The molecule has 0 amide bonds. The van der Waals surface area contributed by atoms with E-state index in [9.17, 15) is 0 Å². The molecule has 358 valence electrons. The SMILES string of the molecule is c1ccc(N(c2ccccc2)c2ccc(-c3ccc(-c4ccc(N(c5ccc(N(c6ccccc6)c6ccccc6)cc5)c5ccc(N(c6ccccc6)c6ccccc6)cc5)cc4)n3-c3ccccc3)cc2)cc1. The molecule has 12 rings (SSSR count). The van der Waals surface area contributed by atoms with Crippen LogP contribution in [0.5, 0.6) is 0 Å². The highest BCUT2D eigenvalue weighted by atomic mass is 15.2. The van der Waals surface area contributed by atoms with Gasteiger partial charge >= 0.3 is 0 Å². The van der Waals surface area contributed by atoms with Crippen molar-refractivity contribution in [2.75, 3.05) is 19.6 Å². The van der Waals surface area contributed by atoms with E-state index in [2.05, 4.69) is 346 Å². The van der Waals surface area contributed by atoms with Crippen LogP contribution in [0.4, 0.5) is 68.2 Å². The summed E-state index contributed by atoms with van der Waals surface area (Å²) in [4.78, 5) is 9.24. The van der Waals surface area contributed by atoms with Gasteiger partial charge < -0.3 is 24.2 Å². The summed E-state index contributed by atoms with van der Waals surface area (Å²) in [6, 6.07) is 114. The summed E-state index contributed by atoms with van der Waals surface area (Å²) in [6.45, 7) is 0. The van der Waals surface area contributed by atoms with E-state index in [1.165, 1.54) is 0 Å². The van der Waals surface area contributed by atoms with E-state index in [4.69, 9.17) is 0 Å². The molecule has 1 heterocycles. The van der Waals surface area contributed by atoms with Crippen molar-refractivity contribution in [3.8, 4) is 28.2 Å². The van der Waals surface area contributed by atoms with Crippen molar-refractivity contribution in [3.05, 3.63) is 322 Å². The van der Waals surface area contributed by atoms with Gasteiger partial charge in [-0.3, -0.25) is 0 Å². The van der Waals surface area contributed by atoms with E-state index in [1.54, 1.807) is 0 Å². The topological polar surface area (TPSA) is 17.9 Å². The lowest BCUT2D eigenvalue weighted by molar-refractivity contribution is 1.09. The van der Waals surface area contributed by atoms with Crippen molar-refractivity contribution in [3.63, 3.8) is 0 Å². The molecule has 75 heavy (non-hydrogen) atoms. The summed E-state index contributed by atoms with van der Waals surface area (Å²) >= 11 is 0. The van der Waals surface area contributed by atoms with E-state index < -0.39 is 0 Å². The molecule has 0 radical (unpaired) electrons. The molecule has 0 bridgehead atoms. The van der Waals surface area contributed by atoms with Gasteiger partial charge in [-0.05, 0) is 181 Å². The first-order valence-corrected chi connectivity index (χ1v) is 25.4. The third-order valence-corrected chi connectivity index (χ3v) is 13.6. The second-order valence-electron chi connectivity index (χ2n) is 18.3. The number of hydrogen-bond donors (Lipinski definition) is 0. The monoisotopic (exact) mass is 963 g/mol. The Labute approximate surface area is 440 Å². The first-order valence-electron chi connectivity index (χ1n) is 25.4. The summed E-state index contributed by atoms with van der Waals surface area (Å²) in [5, 5.41) is 0. The minimum absolute atomic E-state index is 1.04. The van der Waals surface area contributed by atoms with Crippen LogP contribution in [0, 0.1) is 0 Å². The van der Waals surface area contributed by atoms with Crippen molar-refractivity contribution < 1.29 is 0 Å². The largest absolute Gasteiger partial charge is 0.311 e. The van der Waals surface area contributed by atoms with Crippen LogP contribution < -0.4 is 19.6 Å². The van der Waals surface area contributed by atoms with Crippen LogP contribution in [0.15, 0.2) is 322 Å². The highest BCUT2D eigenvalue weighted by Gasteiger charge is 2.20. The van der Waals surface area contributed by atoms with E-state index in [-0.39, 0.29) is 0 Å². The molecule has 1 aromatic heterocycles. The smallest absolute Gasteiger partial charge is 0.0535 e. The highest BCUT2D eigenvalue weighted by molar-refractivity contribution is 5.85. The van der Waals surface area contributed by atoms with Crippen LogP contribution in [-0.4, -0.2) is 4.57 Å². The van der Waals surface area contributed by atoms with Crippen molar-refractivity contribution >= 4 is 68.2 Å². The lowest BCUT2D eigenvalue weighted by Gasteiger charge is -2.29. The lowest BCUT2D eigenvalue weighted by Crippen LogP contribution is -2.13. The number of para-hydroxylation sites is 7. The third kappa shape index (κ3) is 9.70. The molecule has 0 spiro atoms. The van der Waals surface area contributed by atoms with E-state index in [0.717, 1.165) is 96.5 Å². The maximum atomic E-state index is 2.38. The Hall–Kier alpha value is -10.1. The van der Waals surface area contributed by atoms with Crippen LogP contribution >= 0.6 is 0 Å². The summed E-state index contributed by atoms with van der Waals surface area (Å²) in [5.74, 6) is 0. The van der Waals surface area contributed by atoms with Gasteiger partial charge in [0.25, 0.3) is 0 Å². The van der Waals surface area contributed by atoms with Gasteiger partial charge in [0.1, 0.15) is 0 Å². The molecule has 0 unspecified atom stereocenters. The summed E-state index contributed by atoms with van der Waals surface area (Å²) in [6.07, 6.45) is 0. The lowest BCUT2D eigenvalue weighted by atomic mass is 10.1. The molecule has 0 saturated carbocycles. The predicted octanol–water partition coefficient (Wildman–Crippen LogP) is 19.7. The molecule has 5 heteroatoms. The Morgan fingerprint density at radius 3 is 0.547 bits per heavy atom. The summed E-state index contributed by atoms with van der Waals surface area (Å²) in [7, 11) is 0. The molecule has 0 saturated heterocycles. The number of anilines is 12. The van der Waals surface area contributed by atoms with Crippen molar-refractivity contribution in [1.29, 1.82) is 0 Å². The van der Waals surface area contributed by atoms with Gasteiger partial charge in [-0.1, -0.05) is 152 Å². The second kappa shape index (κ2) is 21.3. The normalized spacial score (nSPS) is 10.9. The van der Waals surface area contributed by atoms with E-state index >= 15 is 0 Å².